The van der Waals surface area contributed by atoms with Gasteiger partial charge in [0.15, 0.2) is 5.78 Å². The number of ketones is 1. The van der Waals surface area contributed by atoms with Crippen molar-refractivity contribution in [2.24, 2.45) is 0 Å². The van der Waals surface area contributed by atoms with Gasteiger partial charge in [0.05, 0.1) is 11.3 Å². The van der Waals surface area contributed by atoms with Crippen molar-refractivity contribution in [2.45, 2.75) is 13.5 Å². The Hall–Kier alpha value is -2.35. The Morgan fingerprint density at radius 3 is 2.63 bits per heavy atom. The molecule has 2 nitrogen and oxygen atoms in total. The first-order valence-corrected chi connectivity index (χ1v) is 6.48. The van der Waals surface area contributed by atoms with Crippen molar-refractivity contribution in [3.8, 4) is 11.3 Å². The van der Waals surface area contributed by atoms with Crippen LogP contribution in [0.2, 0.25) is 0 Å². The Bertz CT molecular complexity index is 826. The van der Waals surface area contributed by atoms with Crippen LogP contribution in [0.1, 0.15) is 22.8 Å². The van der Waals surface area contributed by atoms with Gasteiger partial charge in [-0.2, -0.15) is 0 Å². The number of hydrogen-bond donors (Lipinski definition) is 0. The van der Waals surface area contributed by atoms with Crippen LogP contribution in [0.4, 0.5) is 0 Å². The second-order valence-electron chi connectivity index (χ2n) is 5.04. The minimum absolute atomic E-state index is 0.140. The lowest BCUT2D eigenvalue weighted by Gasteiger charge is -2.01. The molecule has 0 saturated heterocycles. The summed E-state index contributed by atoms with van der Waals surface area (Å²) in [5, 5.41) is 1.07. The van der Waals surface area contributed by atoms with Gasteiger partial charge in [-0.15, -0.1) is 0 Å². The highest BCUT2D eigenvalue weighted by Crippen LogP contribution is 2.40. The highest BCUT2D eigenvalue weighted by Gasteiger charge is 2.27. The summed E-state index contributed by atoms with van der Waals surface area (Å²) in [5.41, 5.74) is 5.60. The fourth-order valence-electron chi connectivity index (χ4n) is 3.16. The molecular formula is C17H13NO. The van der Waals surface area contributed by atoms with Crippen molar-refractivity contribution in [1.29, 1.82) is 0 Å². The molecule has 2 heterocycles. The Kier molecular flexibility index (Phi) is 1.99. The number of benzene rings is 2. The molecule has 0 fully saturated rings. The van der Waals surface area contributed by atoms with E-state index >= 15 is 0 Å². The molecule has 4 rings (SSSR count). The van der Waals surface area contributed by atoms with E-state index in [0.29, 0.717) is 0 Å². The zero-order valence-corrected chi connectivity index (χ0v) is 10.7. The fourth-order valence-corrected chi connectivity index (χ4v) is 3.16. The monoisotopic (exact) mass is 247 g/mol. The zero-order valence-electron chi connectivity index (χ0n) is 10.7. The zero-order chi connectivity index (χ0) is 13.0. The number of aromatic nitrogens is 1. The first kappa shape index (κ1) is 10.6. The van der Waals surface area contributed by atoms with Crippen molar-refractivity contribution in [3.63, 3.8) is 0 Å². The molecule has 1 aromatic heterocycles. The Morgan fingerprint density at radius 2 is 1.79 bits per heavy atom. The Balaban J connectivity index is 2.19. The topological polar surface area (TPSA) is 22.0 Å². The molecule has 3 aromatic rings. The molecule has 19 heavy (non-hydrogen) atoms. The predicted molar refractivity (Wildman–Crippen MR) is 76.5 cm³/mol. The van der Waals surface area contributed by atoms with E-state index in [4.69, 9.17) is 0 Å². The first-order valence-electron chi connectivity index (χ1n) is 6.48. The fraction of sp³-hybridized carbons (Fsp3) is 0.118. The average Bonchev–Trinajstić information content (AvgIpc) is 2.93. The first-order chi connectivity index (χ1) is 9.27. The Labute approximate surface area is 111 Å². The van der Waals surface area contributed by atoms with E-state index in [-0.39, 0.29) is 5.78 Å². The molecule has 92 valence electrons. The molecule has 0 radical (unpaired) electrons. The SMILES string of the molecule is CC(=O)c1c2n(c3ccccc13)Cc1ccccc1-2. The van der Waals surface area contributed by atoms with E-state index in [1.807, 2.05) is 24.3 Å². The number of hydrogen-bond acceptors (Lipinski definition) is 1. The van der Waals surface area contributed by atoms with Crippen LogP contribution < -0.4 is 0 Å². The summed E-state index contributed by atoms with van der Waals surface area (Å²) in [6.45, 7) is 2.52. The third-order valence-electron chi connectivity index (χ3n) is 3.92. The van der Waals surface area contributed by atoms with Crippen molar-refractivity contribution < 1.29 is 4.79 Å². The average molecular weight is 247 g/mol. The summed E-state index contributed by atoms with van der Waals surface area (Å²) in [4.78, 5) is 12.1. The van der Waals surface area contributed by atoms with E-state index in [9.17, 15) is 4.79 Å². The number of Topliss-reactive ketones (excluding diaryl/α,β-unsaturated/α-hetero) is 1. The van der Waals surface area contributed by atoms with Gasteiger partial charge in [0.1, 0.15) is 0 Å². The molecule has 0 amide bonds. The third kappa shape index (κ3) is 1.28. The quantitative estimate of drug-likeness (QED) is 0.468. The Morgan fingerprint density at radius 1 is 1.05 bits per heavy atom. The number of carbonyl (C=O) groups excluding carboxylic acids is 1. The highest BCUT2D eigenvalue weighted by atomic mass is 16.1. The lowest BCUT2D eigenvalue weighted by Crippen LogP contribution is -1.94. The van der Waals surface area contributed by atoms with Gasteiger partial charge in [-0.1, -0.05) is 42.5 Å². The summed E-state index contributed by atoms with van der Waals surface area (Å²) in [6, 6.07) is 16.5. The minimum Gasteiger partial charge on any atom is -0.335 e. The van der Waals surface area contributed by atoms with Gasteiger partial charge in [-0.25, -0.2) is 0 Å². The van der Waals surface area contributed by atoms with Crippen LogP contribution in [-0.2, 0) is 6.54 Å². The summed E-state index contributed by atoms with van der Waals surface area (Å²) in [6.07, 6.45) is 0. The number of rotatable bonds is 1. The summed E-state index contributed by atoms with van der Waals surface area (Å²) in [7, 11) is 0. The molecule has 0 spiro atoms. The normalized spacial score (nSPS) is 12.5. The van der Waals surface area contributed by atoms with Gasteiger partial charge >= 0.3 is 0 Å². The van der Waals surface area contributed by atoms with Crippen molar-refractivity contribution >= 4 is 16.7 Å². The molecule has 0 atom stereocenters. The van der Waals surface area contributed by atoms with Crippen LogP contribution in [-0.4, -0.2) is 10.4 Å². The van der Waals surface area contributed by atoms with Crippen molar-refractivity contribution in [3.05, 3.63) is 59.7 Å². The van der Waals surface area contributed by atoms with Crippen LogP contribution in [0.25, 0.3) is 22.2 Å². The molecule has 0 bridgehead atoms. The van der Waals surface area contributed by atoms with Crippen LogP contribution in [0.15, 0.2) is 48.5 Å². The van der Waals surface area contributed by atoms with Gasteiger partial charge < -0.3 is 4.57 Å². The lowest BCUT2D eigenvalue weighted by molar-refractivity contribution is 0.102. The van der Waals surface area contributed by atoms with Crippen molar-refractivity contribution in [2.75, 3.05) is 0 Å². The van der Waals surface area contributed by atoms with Gasteiger partial charge in [0.2, 0.25) is 0 Å². The maximum Gasteiger partial charge on any atom is 0.162 e. The molecule has 0 N–H and O–H groups in total. The molecule has 0 unspecified atom stereocenters. The van der Waals surface area contributed by atoms with Crippen molar-refractivity contribution in [1.82, 2.24) is 4.57 Å². The van der Waals surface area contributed by atoms with Gasteiger partial charge in [0, 0.05) is 23.0 Å². The van der Waals surface area contributed by atoms with E-state index < -0.39 is 0 Å². The lowest BCUT2D eigenvalue weighted by atomic mass is 10.0. The second kappa shape index (κ2) is 3.58. The predicted octanol–water partition coefficient (Wildman–Crippen LogP) is 3.87. The molecule has 0 saturated carbocycles. The third-order valence-corrected chi connectivity index (χ3v) is 3.92. The van der Waals surface area contributed by atoms with Gasteiger partial charge in [-0.05, 0) is 18.6 Å². The summed E-state index contributed by atoms with van der Waals surface area (Å²) >= 11 is 0. The van der Waals surface area contributed by atoms with Gasteiger partial charge in [0.25, 0.3) is 0 Å². The molecule has 2 aromatic carbocycles. The highest BCUT2D eigenvalue weighted by molar-refractivity contribution is 6.13. The summed E-state index contributed by atoms with van der Waals surface area (Å²) in [5.74, 6) is 0.140. The minimum atomic E-state index is 0.140. The second-order valence-corrected chi connectivity index (χ2v) is 5.04. The van der Waals surface area contributed by atoms with E-state index in [0.717, 1.165) is 28.7 Å². The van der Waals surface area contributed by atoms with E-state index in [1.54, 1.807) is 6.92 Å². The largest absolute Gasteiger partial charge is 0.335 e. The van der Waals surface area contributed by atoms with Crippen LogP contribution in [0.3, 0.4) is 0 Å². The molecule has 1 aliphatic heterocycles. The van der Waals surface area contributed by atoms with E-state index in [1.165, 1.54) is 11.1 Å². The number of para-hydroxylation sites is 1. The van der Waals surface area contributed by atoms with E-state index in [2.05, 4.69) is 28.8 Å². The van der Waals surface area contributed by atoms with Crippen LogP contribution in [0, 0.1) is 0 Å². The number of carbonyl (C=O) groups is 1. The van der Waals surface area contributed by atoms with Gasteiger partial charge in [-0.3, -0.25) is 4.79 Å². The molecule has 2 heteroatoms. The standard InChI is InChI=1S/C17H13NO/c1-11(19)16-14-8-4-5-9-15(14)18-10-12-6-2-3-7-13(12)17(16)18/h2-9H,10H2,1H3. The van der Waals surface area contributed by atoms with Crippen LogP contribution >= 0.6 is 0 Å². The molecular weight excluding hydrogens is 234 g/mol. The number of nitrogens with zero attached hydrogens (tertiary/aromatic N) is 1. The smallest absolute Gasteiger partial charge is 0.162 e. The van der Waals surface area contributed by atoms with Crippen LogP contribution in [0.5, 0.6) is 0 Å². The number of fused-ring (bicyclic) bond motifs is 5. The summed E-state index contributed by atoms with van der Waals surface area (Å²) < 4.78 is 2.26. The molecule has 1 aliphatic rings. The maximum atomic E-state index is 12.1. The maximum absolute atomic E-state index is 12.1. The molecule has 0 aliphatic carbocycles.